The number of amides is 1. The summed E-state index contributed by atoms with van der Waals surface area (Å²) < 4.78 is 10.9. The van der Waals surface area contributed by atoms with E-state index in [1.165, 1.54) is 37.5 Å². The Morgan fingerprint density at radius 1 is 1.03 bits per heavy atom. The van der Waals surface area contributed by atoms with Crippen molar-refractivity contribution in [3.05, 3.63) is 99.6 Å². The number of carbonyl (C=O) groups is 2. The number of rotatable bonds is 9. The van der Waals surface area contributed by atoms with E-state index < -0.39 is 10.7 Å². The van der Waals surface area contributed by atoms with Gasteiger partial charge < -0.3 is 14.8 Å². The zero-order valence-electron chi connectivity index (χ0n) is 18.1. The third-order valence-electron chi connectivity index (χ3n) is 4.68. The number of para-hydroxylation sites is 1. The van der Waals surface area contributed by atoms with Gasteiger partial charge in [-0.05, 0) is 48.9 Å². The Balaban J connectivity index is 1.65. The lowest BCUT2D eigenvalue weighted by Crippen LogP contribution is -2.20. The average molecular weight is 446 g/mol. The van der Waals surface area contributed by atoms with Crippen LogP contribution in [0.15, 0.2) is 72.8 Å². The summed E-state index contributed by atoms with van der Waals surface area (Å²) in [6, 6.07) is 18.1. The molecule has 0 heterocycles. The zero-order chi connectivity index (χ0) is 23.8. The van der Waals surface area contributed by atoms with Crippen molar-refractivity contribution in [2.45, 2.75) is 6.92 Å². The topological polar surface area (TPSA) is 108 Å². The van der Waals surface area contributed by atoms with Gasteiger partial charge in [-0.2, -0.15) is 0 Å². The van der Waals surface area contributed by atoms with Crippen LogP contribution in [0.5, 0.6) is 11.5 Å². The monoisotopic (exact) mass is 446 g/mol. The number of allylic oxidation sites excluding steroid dienone is 1. The number of hydrogen-bond acceptors (Lipinski definition) is 6. The van der Waals surface area contributed by atoms with E-state index in [9.17, 15) is 19.7 Å². The highest BCUT2D eigenvalue weighted by Gasteiger charge is 2.17. The van der Waals surface area contributed by atoms with E-state index in [0.29, 0.717) is 22.7 Å². The lowest BCUT2D eigenvalue weighted by molar-refractivity contribution is -0.385. The summed E-state index contributed by atoms with van der Waals surface area (Å²) in [6.45, 7) is 1.75. The van der Waals surface area contributed by atoms with E-state index >= 15 is 0 Å². The van der Waals surface area contributed by atoms with Gasteiger partial charge in [0.15, 0.2) is 23.9 Å². The van der Waals surface area contributed by atoms with E-state index in [1.807, 2.05) is 19.1 Å². The highest BCUT2D eigenvalue weighted by atomic mass is 16.6. The fraction of sp³-hybridized carbons (Fsp3) is 0.120. The Morgan fingerprint density at radius 3 is 2.45 bits per heavy atom. The third kappa shape index (κ3) is 6.27. The number of hydrogen-bond donors (Lipinski definition) is 1. The molecule has 0 saturated heterocycles. The standard InChI is InChI=1S/C25H22N2O6/c1-17-7-11-19(12-8-17)26-25(29)16-33-23-14-10-18(15-24(23)32-2)9-13-22(28)20-5-3-4-6-21(20)27(30)31/h3-15H,16H2,1-2H3,(H,26,29)/b13-9+. The van der Waals surface area contributed by atoms with Crippen LogP contribution in [-0.2, 0) is 4.79 Å². The molecule has 0 unspecified atom stereocenters. The number of methoxy groups -OCH3 is 1. The first-order valence-electron chi connectivity index (χ1n) is 10.0. The van der Waals surface area contributed by atoms with Crippen molar-refractivity contribution in [1.29, 1.82) is 0 Å². The van der Waals surface area contributed by atoms with E-state index in [2.05, 4.69) is 5.32 Å². The molecule has 0 atom stereocenters. The van der Waals surface area contributed by atoms with Crippen LogP contribution in [0.2, 0.25) is 0 Å². The van der Waals surface area contributed by atoms with Crippen molar-refractivity contribution in [2.24, 2.45) is 0 Å². The number of nitrogens with one attached hydrogen (secondary N) is 1. The normalized spacial score (nSPS) is 10.6. The minimum Gasteiger partial charge on any atom is -0.493 e. The number of benzene rings is 3. The van der Waals surface area contributed by atoms with Crippen LogP contribution in [-0.4, -0.2) is 30.3 Å². The fourth-order valence-electron chi connectivity index (χ4n) is 2.99. The Hall–Kier alpha value is -4.46. The summed E-state index contributed by atoms with van der Waals surface area (Å²) in [5.41, 5.74) is 2.13. The summed E-state index contributed by atoms with van der Waals surface area (Å²) in [7, 11) is 1.46. The summed E-state index contributed by atoms with van der Waals surface area (Å²) in [5, 5.41) is 13.9. The maximum atomic E-state index is 12.4. The molecule has 3 aromatic rings. The second-order valence-electron chi connectivity index (χ2n) is 7.09. The molecule has 3 aromatic carbocycles. The number of nitro groups is 1. The minimum atomic E-state index is -0.592. The van der Waals surface area contributed by atoms with Gasteiger partial charge in [0.25, 0.3) is 11.6 Å². The maximum Gasteiger partial charge on any atom is 0.280 e. The second kappa shape index (κ2) is 10.7. The van der Waals surface area contributed by atoms with Crippen molar-refractivity contribution >= 4 is 29.1 Å². The molecule has 0 bridgehead atoms. The summed E-state index contributed by atoms with van der Waals surface area (Å²) in [5.74, 6) is -0.0774. The van der Waals surface area contributed by atoms with Gasteiger partial charge in [0, 0.05) is 11.8 Å². The van der Waals surface area contributed by atoms with E-state index in [4.69, 9.17) is 9.47 Å². The van der Waals surface area contributed by atoms with Gasteiger partial charge >= 0.3 is 0 Å². The SMILES string of the molecule is COc1cc(/C=C/C(=O)c2ccccc2[N+](=O)[O-])ccc1OCC(=O)Nc1ccc(C)cc1. The summed E-state index contributed by atoms with van der Waals surface area (Å²) in [6.07, 6.45) is 2.78. The predicted molar refractivity (Wildman–Crippen MR) is 125 cm³/mol. The molecule has 8 nitrogen and oxygen atoms in total. The molecule has 0 radical (unpaired) electrons. The van der Waals surface area contributed by atoms with Gasteiger partial charge in [-0.1, -0.05) is 42.0 Å². The van der Waals surface area contributed by atoms with Crippen LogP contribution in [0.25, 0.3) is 6.08 Å². The molecule has 33 heavy (non-hydrogen) atoms. The number of anilines is 1. The molecule has 8 heteroatoms. The molecule has 0 aliphatic heterocycles. The minimum absolute atomic E-state index is 0.00487. The predicted octanol–water partition coefficient (Wildman–Crippen LogP) is 4.83. The quantitative estimate of drug-likeness (QED) is 0.218. The van der Waals surface area contributed by atoms with Crippen molar-refractivity contribution in [3.8, 4) is 11.5 Å². The maximum absolute atomic E-state index is 12.4. The number of carbonyl (C=O) groups excluding carboxylic acids is 2. The lowest BCUT2D eigenvalue weighted by atomic mass is 10.1. The Labute approximate surface area is 190 Å². The van der Waals surface area contributed by atoms with Crippen LogP contribution < -0.4 is 14.8 Å². The molecular formula is C25H22N2O6. The molecule has 0 aromatic heterocycles. The average Bonchev–Trinajstić information content (AvgIpc) is 2.82. The second-order valence-corrected chi connectivity index (χ2v) is 7.09. The van der Waals surface area contributed by atoms with Gasteiger partial charge in [0.2, 0.25) is 0 Å². The first-order chi connectivity index (χ1) is 15.9. The van der Waals surface area contributed by atoms with Gasteiger partial charge in [0.05, 0.1) is 17.6 Å². The third-order valence-corrected chi connectivity index (χ3v) is 4.68. The number of aryl methyl sites for hydroxylation is 1. The number of ether oxygens (including phenoxy) is 2. The molecule has 3 rings (SSSR count). The molecular weight excluding hydrogens is 424 g/mol. The number of nitrogens with zero attached hydrogens (tertiary/aromatic N) is 1. The van der Waals surface area contributed by atoms with E-state index in [1.54, 1.807) is 36.4 Å². The number of nitro benzene ring substituents is 1. The molecule has 168 valence electrons. The van der Waals surface area contributed by atoms with Crippen molar-refractivity contribution in [2.75, 3.05) is 19.0 Å². The van der Waals surface area contributed by atoms with Crippen LogP contribution in [0.4, 0.5) is 11.4 Å². The Kier molecular flexibility index (Phi) is 7.54. The van der Waals surface area contributed by atoms with E-state index in [-0.39, 0.29) is 23.8 Å². The van der Waals surface area contributed by atoms with Gasteiger partial charge in [-0.15, -0.1) is 0 Å². The molecule has 1 N–H and O–H groups in total. The first-order valence-corrected chi connectivity index (χ1v) is 10.0. The summed E-state index contributed by atoms with van der Waals surface area (Å²) >= 11 is 0. The van der Waals surface area contributed by atoms with Gasteiger partial charge in [0.1, 0.15) is 0 Å². The van der Waals surface area contributed by atoms with Crippen LogP contribution in [0, 0.1) is 17.0 Å². The molecule has 0 aliphatic rings. The van der Waals surface area contributed by atoms with Crippen molar-refractivity contribution in [3.63, 3.8) is 0 Å². The van der Waals surface area contributed by atoms with E-state index in [0.717, 1.165) is 5.56 Å². The van der Waals surface area contributed by atoms with Crippen LogP contribution >= 0.6 is 0 Å². The largest absolute Gasteiger partial charge is 0.493 e. The Morgan fingerprint density at radius 2 is 1.76 bits per heavy atom. The van der Waals surface area contributed by atoms with Crippen LogP contribution in [0.1, 0.15) is 21.5 Å². The zero-order valence-corrected chi connectivity index (χ0v) is 18.1. The highest BCUT2D eigenvalue weighted by molar-refractivity contribution is 6.09. The molecule has 0 saturated carbocycles. The lowest BCUT2D eigenvalue weighted by Gasteiger charge is -2.11. The summed E-state index contributed by atoms with van der Waals surface area (Å²) in [4.78, 5) is 35.1. The molecule has 0 aliphatic carbocycles. The molecule has 1 amide bonds. The van der Waals surface area contributed by atoms with Gasteiger partial charge in [-0.25, -0.2) is 0 Å². The highest BCUT2D eigenvalue weighted by Crippen LogP contribution is 2.29. The number of ketones is 1. The Bertz CT molecular complexity index is 1200. The van der Waals surface area contributed by atoms with Crippen molar-refractivity contribution < 1.29 is 24.0 Å². The smallest absolute Gasteiger partial charge is 0.280 e. The first kappa shape index (κ1) is 23.2. The van der Waals surface area contributed by atoms with Crippen LogP contribution in [0.3, 0.4) is 0 Å². The van der Waals surface area contributed by atoms with Crippen molar-refractivity contribution in [1.82, 2.24) is 0 Å². The molecule has 0 fully saturated rings. The molecule has 0 spiro atoms. The van der Waals surface area contributed by atoms with Gasteiger partial charge in [-0.3, -0.25) is 19.7 Å². The fourth-order valence-corrected chi connectivity index (χ4v) is 2.99.